The van der Waals surface area contributed by atoms with Gasteiger partial charge < -0.3 is 9.73 Å². The normalized spacial score (nSPS) is 10.8. The third kappa shape index (κ3) is 2.63. The van der Waals surface area contributed by atoms with Crippen LogP contribution in [-0.4, -0.2) is 4.98 Å². The molecule has 2 N–H and O–H groups in total. The molecule has 0 spiro atoms. The third-order valence-corrected chi connectivity index (χ3v) is 3.04. The minimum Gasteiger partial charge on any atom is -0.408 e. The molecule has 0 aliphatic rings. The molecule has 0 aliphatic carbocycles. The van der Waals surface area contributed by atoms with Gasteiger partial charge in [0, 0.05) is 17.3 Å². The Labute approximate surface area is 114 Å². The fourth-order valence-corrected chi connectivity index (χ4v) is 2.13. The Hall–Kier alpha value is -2.20. The predicted molar refractivity (Wildman–Crippen MR) is 75.6 cm³/mol. The lowest BCUT2D eigenvalue weighted by Crippen LogP contribution is -1.99. The predicted octanol–water partition coefficient (Wildman–Crippen LogP) is 3.39. The Kier molecular flexibility index (Phi) is 3.01. The molecule has 3 rings (SSSR count). The zero-order valence-corrected chi connectivity index (χ0v) is 10.7. The van der Waals surface area contributed by atoms with Gasteiger partial charge in [0.2, 0.25) is 0 Å². The van der Waals surface area contributed by atoms with Crippen LogP contribution in [0.2, 0.25) is 5.02 Å². The maximum atomic E-state index is 11.1. The van der Waals surface area contributed by atoms with Crippen molar-refractivity contribution in [3.8, 4) is 0 Å². The first-order valence-corrected chi connectivity index (χ1v) is 6.20. The highest BCUT2D eigenvalue weighted by molar-refractivity contribution is 6.30. The number of halogens is 1. The fraction of sp³-hybridized carbons (Fsp3) is 0.0714. The standard InChI is InChI=1S/C14H11ClN2O2/c15-10-3-1-2-9(6-10)8-16-11-4-5-13-12(7-11)17-14(18)19-13/h1-7,16H,8H2,(H,17,18). The second-order valence-electron chi connectivity index (χ2n) is 4.21. The molecule has 1 heterocycles. The Bertz CT molecular complexity index is 776. The van der Waals surface area contributed by atoms with E-state index in [9.17, 15) is 4.79 Å². The van der Waals surface area contributed by atoms with Crippen molar-refractivity contribution in [1.29, 1.82) is 0 Å². The highest BCUT2D eigenvalue weighted by Gasteiger charge is 2.02. The van der Waals surface area contributed by atoms with E-state index in [4.69, 9.17) is 16.0 Å². The number of hydrogen-bond acceptors (Lipinski definition) is 3. The van der Waals surface area contributed by atoms with Crippen LogP contribution in [-0.2, 0) is 6.54 Å². The van der Waals surface area contributed by atoms with Crippen LogP contribution >= 0.6 is 11.6 Å². The first kappa shape index (κ1) is 11.9. The van der Waals surface area contributed by atoms with Gasteiger partial charge in [-0.3, -0.25) is 4.98 Å². The highest BCUT2D eigenvalue weighted by atomic mass is 35.5. The number of aromatic nitrogens is 1. The monoisotopic (exact) mass is 274 g/mol. The smallest absolute Gasteiger partial charge is 0.408 e. The second-order valence-corrected chi connectivity index (χ2v) is 4.65. The van der Waals surface area contributed by atoms with E-state index in [1.807, 2.05) is 36.4 Å². The first-order chi connectivity index (χ1) is 9.20. The van der Waals surface area contributed by atoms with Crippen LogP contribution in [0, 0.1) is 0 Å². The van der Waals surface area contributed by atoms with Gasteiger partial charge in [-0.2, -0.15) is 0 Å². The van der Waals surface area contributed by atoms with Crippen molar-refractivity contribution in [1.82, 2.24) is 4.98 Å². The van der Waals surface area contributed by atoms with Crippen LogP contribution in [0.1, 0.15) is 5.56 Å². The molecule has 0 saturated heterocycles. The van der Waals surface area contributed by atoms with E-state index < -0.39 is 5.76 Å². The topological polar surface area (TPSA) is 58.0 Å². The van der Waals surface area contributed by atoms with Crippen LogP contribution in [0.25, 0.3) is 11.1 Å². The van der Waals surface area contributed by atoms with Crippen molar-refractivity contribution in [3.63, 3.8) is 0 Å². The van der Waals surface area contributed by atoms with E-state index in [1.165, 1.54) is 0 Å². The van der Waals surface area contributed by atoms with Gasteiger partial charge in [0.1, 0.15) is 0 Å². The van der Waals surface area contributed by atoms with Crippen molar-refractivity contribution in [2.24, 2.45) is 0 Å². The average molecular weight is 275 g/mol. The third-order valence-electron chi connectivity index (χ3n) is 2.80. The Balaban J connectivity index is 1.79. The van der Waals surface area contributed by atoms with Crippen molar-refractivity contribution in [3.05, 3.63) is 63.6 Å². The summed E-state index contributed by atoms with van der Waals surface area (Å²) in [6, 6.07) is 13.1. The maximum Gasteiger partial charge on any atom is 0.417 e. The summed E-state index contributed by atoms with van der Waals surface area (Å²) in [5, 5.41) is 3.98. The fourth-order valence-electron chi connectivity index (χ4n) is 1.91. The molecule has 0 aliphatic heterocycles. The summed E-state index contributed by atoms with van der Waals surface area (Å²) in [5.41, 5.74) is 3.23. The summed E-state index contributed by atoms with van der Waals surface area (Å²) in [4.78, 5) is 13.7. The lowest BCUT2D eigenvalue weighted by atomic mass is 10.2. The molecule has 0 fully saturated rings. The van der Waals surface area contributed by atoms with Crippen molar-refractivity contribution in [2.75, 3.05) is 5.32 Å². The summed E-state index contributed by atoms with van der Waals surface area (Å²) in [7, 11) is 0. The lowest BCUT2D eigenvalue weighted by molar-refractivity contribution is 0.555. The van der Waals surface area contributed by atoms with Crippen molar-refractivity contribution >= 4 is 28.4 Å². The molecule has 0 radical (unpaired) electrons. The number of nitrogens with one attached hydrogen (secondary N) is 2. The van der Waals surface area contributed by atoms with Gasteiger partial charge >= 0.3 is 5.76 Å². The van der Waals surface area contributed by atoms with Crippen LogP contribution in [0.5, 0.6) is 0 Å². The van der Waals surface area contributed by atoms with E-state index in [2.05, 4.69) is 10.3 Å². The molecule has 0 amide bonds. The van der Waals surface area contributed by atoms with E-state index in [0.29, 0.717) is 22.7 Å². The second kappa shape index (κ2) is 4.82. The number of fused-ring (bicyclic) bond motifs is 1. The van der Waals surface area contributed by atoms with Gasteiger partial charge in [-0.25, -0.2) is 4.79 Å². The molecule has 3 aromatic rings. The quantitative estimate of drug-likeness (QED) is 0.770. The van der Waals surface area contributed by atoms with Crippen LogP contribution in [0.4, 0.5) is 5.69 Å². The zero-order chi connectivity index (χ0) is 13.2. The van der Waals surface area contributed by atoms with Crippen molar-refractivity contribution < 1.29 is 4.42 Å². The Morgan fingerprint density at radius 1 is 1.21 bits per heavy atom. The highest BCUT2D eigenvalue weighted by Crippen LogP contribution is 2.17. The summed E-state index contributed by atoms with van der Waals surface area (Å²) < 4.78 is 4.95. The van der Waals surface area contributed by atoms with Crippen molar-refractivity contribution in [2.45, 2.75) is 6.54 Å². The number of rotatable bonds is 3. The summed E-state index contributed by atoms with van der Waals surface area (Å²) in [5.74, 6) is -0.443. The lowest BCUT2D eigenvalue weighted by Gasteiger charge is -2.06. The Morgan fingerprint density at radius 2 is 2.11 bits per heavy atom. The minimum absolute atomic E-state index is 0.443. The van der Waals surface area contributed by atoms with Crippen LogP contribution in [0.15, 0.2) is 51.7 Å². The molecule has 4 nitrogen and oxygen atoms in total. The molecular weight excluding hydrogens is 264 g/mol. The summed E-state index contributed by atoms with van der Waals surface area (Å²) in [6.45, 7) is 0.661. The van der Waals surface area contributed by atoms with E-state index in [-0.39, 0.29) is 0 Å². The van der Waals surface area contributed by atoms with E-state index in [0.717, 1.165) is 11.3 Å². The van der Waals surface area contributed by atoms with Gasteiger partial charge in [0.15, 0.2) is 5.58 Å². The summed E-state index contributed by atoms with van der Waals surface area (Å²) >= 11 is 5.93. The van der Waals surface area contributed by atoms with E-state index >= 15 is 0 Å². The largest absolute Gasteiger partial charge is 0.417 e. The Morgan fingerprint density at radius 3 is 2.95 bits per heavy atom. The van der Waals surface area contributed by atoms with Gasteiger partial charge in [-0.15, -0.1) is 0 Å². The molecule has 0 atom stereocenters. The zero-order valence-electron chi connectivity index (χ0n) is 9.94. The number of hydrogen-bond donors (Lipinski definition) is 2. The molecule has 5 heteroatoms. The van der Waals surface area contributed by atoms with Gasteiger partial charge in [0.25, 0.3) is 0 Å². The number of H-pyrrole nitrogens is 1. The molecular formula is C14H11ClN2O2. The van der Waals surface area contributed by atoms with Crippen LogP contribution in [0.3, 0.4) is 0 Å². The molecule has 0 unspecified atom stereocenters. The average Bonchev–Trinajstić information content (AvgIpc) is 2.75. The number of aromatic amines is 1. The molecule has 0 saturated carbocycles. The number of oxazole rings is 1. The molecule has 2 aromatic carbocycles. The van der Waals surface area contributed by atoms with Crippen LogP contribution < -0.4 is 11.1 Å². The first-order valence-electron chi connectivity index (χ1n) is 5.82. The SMILES string of the molecule is O=c1[nH]c2cc(NCc3cccc(Cl)c3)ccc2o1. The molecule has 96 valence electrons. The molecule has 1 aromatic heterocycles. The minimum atomic E-state index is -0.443. The van der Waals surface area contributed by atoms with E-state index in [1.54, 1.807) is 6.07 Å². The summed E-state index contributed by atoms with van der Waals surface area (Å²) in [6.07, 6.45) is 0. The molecule has 19 heavy (non-hydrogen) atoms. The molecule has 0 bridgehead atoms. The van der Waals surface area contributed by atoms with Gasteiger partial charge in [-0.05, 0) is 35.9 Å². The number of benzene rings is 2. The van der Waals surface area contributed by atoms with Gasteiger partial charge in [-0.1, -0.05) is 23.7 Å². The number of anilines is 1. The van der Waals surface area contributed by atoms with Gasteiger partial charge in [0.05, 0.1) is 5.52 Å². The maximum absolute atomic E-state index is 11.1.